The number of hydrogen-bond donors (Lipinski definition) is 1. The first-order valence-corrected chi connectivity index (χ1v) is 9.22. The SMILES string of the molecule is COc1ccc(C(=O)CCCC(=O)NCCc2ccc(OC)c(OC)c2)cc1. The number of rotatable bonds is 11. The molecule has 0 bridgehead atoms. The van der Waals surface area contributed by atoms with Crippen molar-refractivity contribution in [1.29, 1.82) is 0 Å². The maximum atomic E-state index is 12.1. The summed E-state index contributed by atoms with van der Waals surface area (Å²) < 4.78 is 15.6. The van der Waals surface area contributed by atoms with E-state index in [1.165, 1.54) is 0 Å². The predicted octanol–water partition coefficient (Wildman–Crippen LogP) is 3.42. The summed E-state index contributed by atoms with van der Waals surface area (Å²) in [5.74, 6) is 2.04. The summed E-state index contributed by atoms with van der Waals surface area (Å²) in [6, 6.07) is 12.7. The van der Waals surface area contributed by atoms with Gasteiger partial charge in [-0.05, 0) is 54.8 Å². The van der Waals surface area contributed by atoms with E-state index < -0.39 is 0 Å². The molecule has 0 saturated carbocycles. The largest absolute Gasteiger partial charge is 0.497 e. The van der Waals surface area contributed by atoms with Gasteiger partial charge in [0.1, 0.15) is 5.75 Å². The normalized spacial score (nSPS) is 10.2. The smallest absolute Gasteiger partial charge is 0.220 e. The molecule has 0 aliphatic rings. The van der Waals surface area contributed by atoms with Crippen LogP contribution < -0.4 is 19.5 Å². The Kier molecular flexibility index (Phi) is 8.34. The van der Waals surface area contributed by atoms with E-state index in [0.717, 1.165) is 5.56 Å². The number of amides is 1. The zero-order valence-corrected chi connectivity index (χ0v) is 16.6. The fraction of sp³-hybridized carbons (Fsp3) is 0.364. The number of carbonyl (C=O) groups is 2. The molecular weight excluding hydrogens is 358 g/mol. The number of nitrogens with one attached hydrogen (secondary N) is 1. The van der Waals surface area contributed by atoms with Gasteiger partial charge < -0.3 is 19.5 Å². The quantitative estimate of drug-likeness (QED) is 0.600. The second kappa shape index (κ2) is 11.0. The summed E-state index contributed by atoms with van der Waals surface area (Å²) >= 11 is 0. The van der Waals surface area contributed by atoms with Crippen LogP contribution >= 0.6 is 0 Å². The van der Waals surface area contributed by atoms with Crippen LogP contribution in [0.2, 0.25) is 0 Å². The lowest BCUT2D eigenvalue weighted by Gasteiger charge is -2.10. The van der Waals surface area contributed by atoms with Crippen molar-refractivity contribution >= 4 is 11.7 Å². The van der Waals surface area contributed by atoms with Crippen LogP contribution in [0.1, 0.15) is 35.2 Å². The summed E-state index contributed by atoms with van der Waals surface area (Å²) in [5.41, 5.74) is 1.68. The first-order chi connectivity index (χ1) is 13.6. The molecule has 150 valence electrons. The zero-order valence-electron chi connectivity index (χ0n) is 16.6. The minimum absolute atomic E-state index is 0.0285. The van der Waals surface area contributed by atoms with Gasteiger partial charge in [0.2, 0.25) is 5.91 Å². The molecule has 0 aromatic heterocycles. The van der Waals surface area contributed by atoms with Gasteiger partial charge in [-0.2, -0.15) is 0 Å². The van der Waals surface area contributed by atoms with Crippen molar-refractivity contribution in [3.8, 4) is 17.2 Å². The fourth-order valence-corrected chi connectivity index (χ4v) is 2.80. The van der Waals surface area contributed by atoms with Gasteiger partial charge in [0.25, 0.3) is 0 Å². The highest BCUT2D eigenvalue weighted by Crippen LogP contribution is 2.27. The minimum Gasteiger partial charge on any atom is -0.497 e. The minimum atomic E-state index is -0.0528. The molecule has 2 aromatic rings. The molecule has 0 aliphatic carbocycles. The molecule has 0 saturated heterocycles. The number of Topliss-reactive ketones (excluding diaryl/α,β-unsaturated/α-hetero) is 1. The second-order valence-electron chi connectivity index (χ2n) is 6.29. The Balaban J connectivity index is 1.69. The Bertz CT molecular complexity index is 786. The third-order valence-corrected chi connectivity index (χ3v) is 4.40. The van der Waals surface area contributed by atoms with Crippen molar-refractivity contribution in [3.63, 3.8) is 0 Å². The number of benzene rings is 2. The molecule has 1 N–H and O–H groups in total. The molecule has 1 amide bonds. The molecule has 0 aliphatic heterocycles. The van der Waals surface area contributed by atoms with E-state index >= 15 is 0 Å². The lowest BCUT2D eigenvalue weighted by molar-refractivity contribution is -0.121. The summed E-state index contributed by atoms with van der Waals surface area (Å²) in [7, 11) is 4.77. The number of ether oxygens (including phenoxy) is 3. The van der Waals surface area contributed by atoms with Crippen LogP contribution in [-0.4, -0.2) is 39.6 Å². The molecule has 2 rings (SSSR count). The Morgan fingerprint density at radius 3 is 2.21 bits per heavy atom. The van der Waals surface area contributed by atoms with Gasteiger partial charge in [-0.15, -0.1) is 0 Å². The Labute approximate surface area is 165 Å². The van der Waals surface area contributed by atoms with Crippen LogP contribution in [-0.2, 0) is 11.2 Å². The molecular formula is C22H27NO5. The third-order valence-electron chi connectivity index (χ3n) is 4.40. The second-order valence-corrected chi connectivity index (χ2v) is 6.29. The average molecular weight is 385 g/mol. The van der Waals surface area contributed by atoms with Crippen LogP contribution in [0, 0.1) is 0 Å². The van der Waals surface area contributed by atoms with Crippen molar-refractivity contribution in [3.05, 3.63) is 53.6 Å². The molecule has 6 heteroatoms. The molecule has 0 radical (unpaired) electrons. The van der Waals surface area contributed by atoms with Gasteiger partial charge in [0.05, 0.1) is 21.3 Å². The number of hydrogen-bond acceptors (Lipinski definition) is 5. The zero-order chi connectivity index (χ0) is 20.4. The van der Waals surface area contributed by atoms with Gasteiger partial charge in [-0.1, -0.05) is 6.07 Å². The predicted molar refractivity (Wildman–Crippen MR) is 107 cm³/mol. The molecule has 0 unspecified atom stereocenters. The van der Waals surface area contributed by atoms with E-state index in [9.17, 15) is 9.59 Å². The first-order valence-electron chi connectivity index (χ1n) is 9.22. The van der Waals surface area contributed by atoms with Crippen molar-refractivity contribution in [2.24, 2.45) is 0 Å². The maximum absolute atomic E-state index is 12.1. The molecule has 2 aromatic carbocycles. The average Bonchev–Trinajstić information content (AvgIpc) is 2.73. The molecule has 6 nitrogen and oxygen atoms in total. The lowest BCUT2D eigenvalue weighted by atomic mass is 10.1. The Morgan fingerprint density at radius 1 is 0.857 bits per heavy atom. The summed E-state index contributed by atoms with van der Waals surface area (Å²) in [6.45, 7) is 0.529. The third kappa shape index (κ3) is 6.30. The van der Waals surface area contributed by atoms with Gasteiger partial charge in [-0.3, -0.25) is 9.59 Å². The summed E-state index contributed by atoms with van der Waals surface area (Å²) in [4.78, 5) is 24.1. The number of carbonyl (C=O) groups excluding carboxylic acids is 2. The van der Waals surface area contributed by atoms with E-state index in [2.05, 4.69) is 5.32 Å². The molecule has 0 heterocycles. The van der Waals surface area contributed by atoms with Crippen molar-refractivity contribution in [2.45, 2.75) is 25.7 Å². The van der Waals surface area contributed by atoms with Crippen LogP contribution in [0.4, 0.5) is 0 Å². The lowest BCUT2D eigenvalue weighted by Crippen LogP contribution is -2.25. The molecule has 0 atom stereocenters. The van der Waals surface area contributed by atoms with Crippen LogP contribution in [0.15, 0.2) is 42.5 Å². The van der Waals surface area contributed by atoms with E-state index in [4.69, 9.17) is 14.2 Å². The van der Waals surface area contributed by atoms with Crippen molar-refractivity contribution in [2.75, 3.05) is 27.9 Å². The summed E-state index contributed by atoms with van der Waals surface area (Å²) in [6.07, 6.45) is 1.88. The van der Waals surface area contributed by atoms with E-state index in [1.54, 1.807) is 45.6 Å². The van der Waals surface area contributed by atoms with E-state index in [0.29, 0.717) is 55.0 Å². The highest BCUT2D eigenvalue weighted by Gasteiger charge is 2.09. The summed E-state index contributed by atoms with van der Waals surface area (Å²) in [5, 5.41) is 2.89. The van der Waals surface area contributed by atoms with Gasteiger partial charge >= 0.3 is 0 Å². The Hall–Kier alpha value is -3.02. The molecule has 0 fully saturated rings. The van der Waals surface area contributed by atoms with Gasteiger partial charge in [0.15, 0.2) is 17.3 Å². The number of ketones is 1. The fourth-order valence-electron chi connectivity index (χ4n) is 2.80. The van der Waals surface area contributed by atoms with Gasteiger partial charge in [-0.25, -0.2) is 0 Å². The van der Waals surface area contributed by atoms with Crippen molar-refractivity contribution in [1.82, 2.24) is 5.32 Å². The standard InChI is InChI=1S/C22H27NO5/c1-26-18-10-8-17(9-11-18)19(24)5-4-6-22(25)23-14-13-16-7-12-20(27-2)21(15-16)28-3/h7-12,15H,4-6,13-14H2,1-3H3,(H,23,25). The molecule has 0 spiro atoms. The number of methoxy groups -OCH3 is 3. The van der Waals surface area contributed by atoms with E-state index in [1.807, 2.05) is 18.2 Å². The van der Waals surface area contributed by atoms with Crippen LogP contribution in [0.5, 0.6) is 17.2 Å². The van der Waals surface area contributed by atoms with Crippen LogP contribution in [0.25, 0.3) is 0 Å². The maximum Gasteiger partial charge on any atom is 0.220 e. The van der Waals surface area contributed by atoms with E-state index in [-0.39, 0.29) is 11.7 Å². The van der Waals surface area contributed by atoms with Crippen LogP contribution in [0.3, 0.4) is 0 Å². The topological polar surface area (TPSA) is 73.9 Å². The van der Waals surface area contributed by atoms with Gasteiger partial charge in [0, 0.05) is 24.9 Å². The molecule has 28 heavy (non-hydrogen) atoms. The first kappa shape index (κ1) is 21.3. The van der Waals surface area contributed by atoms with Crippen molar-refractivity contribution < 1.29 is 23.8 Å². The highest BCUT2D eigenvalue weighted by atomic mass is 16.5. The Morgan fingerprint density at radius 2 is 1.57 bits per heavy atom. The monoisotopic (exact) mass is 385 g/mol. The highest BCUT2D eigenvalue weighted by molar-refractivity contribution is 5.96.